The monoisotopic (exact) mass is 373 g/mol. The van der Waals surface area contributed by atoms with Crippen LogP contribution in [0, 0.1) is 6.92 Å². The number of para-hydroxylation sites is 2. The van der Waals surface area contributed by atoms with Crippen molar-refractivity contribution in [2.45, 2.75) is 24.0 Å². The van der Waals surface area contributed by atoms with E-state index in [0.717, 1.165) is 0 Å². The van der Waals surface area contributed by atoms with Crippen LogP contribution in [0.2, 0.25) is 0 Å². The molecule has 5 nitrogen and oxygen atoms in total. The lowest BCUT2D eigenvalue weighted by Crippen LogP contribution is -2.19. The number of nitrogens with one attached hydrogen (secondary N) is 1. The quantitative estimate of drug-likeness (QED) is 0.743. The number of aromatic nitrogens is 3. The van der Waals surface area contributed by atoms with Gasteiger partial charge in [-0.1, -0.05) is 12.1 Å². The topological polar surface area (TPSA) is 67.9 Å². The number of hydrogen-bond acceptors (Lipinski definition) is 4. The number of rotatable bonds is 5. The number of aromatic amines is 1. The number of H-pyrrole nitrogens is 1. The fourth-order valence-electron chi connectivity index (χ4n) is 2.04. The van der Waals surface area contributed by atoms with Crippen molar-refractivity contribution in [1.82, 2.24) is 15.0 Å². The summed E-state index contributed by atoms with van der Waals surface area (Å²) in [7, 11) is -1.83. The number of nitrogens with zero attached hydrogens (tertiary/aromatic N) is 2. The molecule has 3 rings (SSSR count). The molecule has 3 aromatic rings. The van der Waals surface area contributed by atoms with Gasteiger partial charge >= 0.3 is 6.18 Å². The highest BCUT2D eigenvalue weighted by atomic mass is 32.2. The number of ether oxygens (including phenoxy) is 1. The number of halogens is 3. The number of imidazole rings is 1. The van der Waals surface area contributed by atoms with Crippen LogP contribution in [0.4, 0.5) is 13.2 Å². The van der Waals surface area contributed by atoms with Gasteiger partial charge in [0.05, 0.1) is 38.8 Å². The maximum Gasteiger partial charge on any atom is 0.422 e. The van der Waals surface area contributed by atoms with Gasteiger partial charge in [-0.15, -0.1) is 0 Å². The average molecular weight is 373 g/mol. The third-order valence-electron chi connectivity index (χ3n) is 3.25. The number of alkyl halides is 3. The number of benzene rings is 1. The van der Waals surface area contributed by atoms with Crippen LogP contribution >= 0.6 is 0 Å². The number of pyridine rings is 1. The first-order valence-electron chi connectivity index (χ1n) is 8.98. The fraction of sp³-hybridized carbons (Fsp3) is 0.250. The summed E-state index contributed by atoms with van der Waals surface area (Å²) in [5.74, 6) is -0.231. The molecular formula is C16H14F3N3O2S. The molecule has 0 amide bonds. The molecule has 1 atom stereocenters. The third-order valence-corrected chi connectivity index (χ3v) is 4.41. The Balaban J connectivity index is 1.89. The highest BCUT2D eigenvalue weighted by Gasteiger charge is 2.29. The van der Waals surface area contributed by atoms with Crippen molar-refractivity contribution < 1.29 is 27.6 Å². The summed E-state index contributed by atoms with van der Waals surface area (Å²) in [6, 6.07) is -0.335. The van der Waals surface area contributed by atoms with Gasteiger partial charge in [-0.3, -0.25) is 9.19 Å². The maximum atomic E-state index is 12.7. The van der Waals surface area contributed by atoms with Gasteiger partial charge in [0.1, 0.15) is 5.75 Å². The van der Waals surface area contributed by atoms with Gasteiger partial charge in [-0.2, -0.15) is 13.2 Å². The average Bonchev–Trinajstić information content (AvgIpc) is 3.10. The molecule has 0 spiro atoms. The lowest BCUT2D eigenvalue weighted by Gasteiger charge is -2.13. The molecule has 0 bridgehead atoms. The molecule has 2 heterocycles. The summed E-state index contributed by atoms with van der Waals surface area (Å²) >= 11 is 0. The van der Waals surface area contributed by atoms with Crippen LogP contribution in [0.5, 0.6) is 5.75 Å². The zero-order valence-electron chi connectivity index (χ0n) is 16.8. The fourth-order valence-corrected chi connectivity index (χ4v) is 3.12. The van der Waals surface area contributed by atoms with Gasteiger partial charge in [0.2, 0.25) is 0 Å². The second-order valence-corrected chi connectivity index (χ2v) is 6.41. The minimum atomic E-state index is -4.50. The van der Waals surface area contributed by atoms with Gasteiger partial charge in [-0.25, -0.2) is 4.98 Å². The van der Waals surface area contributed by atoms with Gasteiger partial charge in [0, 0.05) is 11.8 Å². The van der Waals surface area contributed by atoms with Gasteiger partial charge in [-0.05, 0) is 25.1 Å². The molecule has 0 saturated heterocycles. The summed E-state index contributed by atoms with van der Waals surface area (Å²) in [5, 5.41) is -0.0881. The van der Waals surface area contributed by atoms with Gasteiger partial charge < -0.3 is 9.72 Å². The van der Waals surface area contributed by atoms with Gasteiger partial charge in [0.25, 0.3) is 0 Å². The van der Waals surface area contributed by atoms with E-state index in [0.29, 0.717) is 5.56 Å². The van der Waals surface area contributed by atoms with E-state index in [1.54, 1.807) is 0 Å². The highest BCUT2D eigenvalue weighted by Crippen LogP contribution is 2.24. The molecule has 0 aliphatic rings. The van der Waals surface area contributed by atoms with Crippen molar-refractivity contribution >= 4 is 21.8 Å². The second-order valence-electron chi connectivity index (χ2n) is 5.04. The van der Waals surface area contributed by atoms with E-state index < -0.39 is 35.7 Å². The van der Waals surface area contributed by atoms with Crippen LogP contribution in [-0.2, 0) is 16.6 Å². The first-order chi connectivity index (χ1) is 13.5. The largest absolute Gasteiger partial charge is 0.484 e. The molecule has 9 heteroatoms. The predicted molar refractivity (Wildman–Crippen MR) is 86.7 cm³/mol. The van der Waals surface area contributed by atoms with Crippen LogP contribution in [0.1, 0.15) is 16.7 Å². The molecular weight excluding hydrogens is 355 g/mol. The van der Waals surface area contributed by atoms with E-state index >= 15 is 0 Å². The Morgan fingerprint density at radius 2 is 2.12 bits per heavy atom. The van der Waals surface area contributed by atoms with Crippen LogP contribution in [0.25, 0.3) is 11.0 Å². The summed E-state index contributed by atoms with van der Waals surface area (Å²) in [6.07, 6.45) is -3.26. The minimum absolute atomic E-state index is 0.0197. The molecule has 1 aromatic carbocycles. The molecule has 1 N–H and O–H groups in total. The third kappa shape index (κ3) is 4.16. The minimum Gasteiger partial charge on any atom is -0.484 e. The van der Waals surface area contributed by atoms with E-state index in [2.05, 4.69) is 15.0 Å². The Kier molecular flexibility index (Phi) is 3.52. The van der Waals surface area contributed by atoms with Crippen molar-refractivity contribution in [3.63, 3.8) is 0 Å². The van der Waals surface area contributed by atoms with Crippen LogP contribution in [0.15, 0.2) is 41.6 Å². The van der Waals surface area contributed by atoms with Gasteiger partial charge in [0.15, 0.2) is 11.8 Å². The SMILES string of the molecule is [2H]c1c([2H])c([2H])c2[nH]c([S@@](=O)Cc3nccc(OCC(F)(F)F)c3C)nc2c1[2H]. The Bertz CT molecular complexity index is 1080. The van der Waals surface area contributed by atoms with E-state index in [-0.39, 0.29) is 45.5 Å². The van der Waals surface area contributed by atoms with E-state index in [4.69, 9.17) is 10.2 Å². The molecule has 132 valence electrons. The van der Waals surface area contributed by atoms with Crippen molar-refractivity contribution in [3.05, 3.63) is 47.7 Å². The number of hydrogen-bond donors (Lipinski definition) is 1. The van der Waals surface area contributed by atoms with E-state index in [9.17, 15) is 17.4 Å². The zero-order chi connectivity index (χ0) is 21.5. The summed E-state index contributed by atoms with van der Waals surface area (Å²) in [4.78, 5) is 10.7. The lowest BCUT2D eigenvalue weighted by molar-refractivity contribution is -0.153. The van der Waals surface area contributed by atoms with E-state index in [1.807, 2.05) is 0 Å². The normalized spacial score (nSPS) is 15.4. The zero-order valence-corrected chi connectivity index (χ0v) is 13.6. The molecule has 0 saturated carbocycles. The Labute approximate surface area is 149 Å². The first-order valence-corrected chi connectivity index (χ1v) is 8.30. The molecule has 0 radical (unpaired) electrons. The maximum absolute atomic E-state index is 12.7. The first kappa shape index (κ1) is 12.9. The van der Waals surface area contributed by atoms with Crippen LogP contribution in [0.3, 0.4) is 0 Å². The molecule has 0 fully saturated rings. The second kappa shape index (κ2) is 6.83. The smallest absolute Gasteiger partial charge is 0.422 e. The standard InChI is InChI=1S/C16H14F3N3O2S/c1-10-13(20-7-6-14(10)24-9-16(17,18)19)8-25(23)15-21-11-4-2-3-5-12(11)22-15/h2-7H,8-9H2,1H3,(H,21,22)/t25-/m0/s1/i2D,3D,4D,5D. The number of fused-ring (bicyclic) bond motifs is 1. The molecule has 0 aliphatic heterocycles. The Morgan fingerprint density at radius 3 is 2.88 bits per heavy atom. The van der Waals surface area contributed by atoms with Crippen molar-refractivity contribution in [2.75, 3.05) is 6.61 Å². The molecule has 25 heavy (non-hydrogen) atoms. The molecule has 2 aromatic heterocycles. The highest BCUT2D eigenvalue weighted by molar-refractivity contribution is 7.84. The summed E-state index contributed by atoms with van der Waals surface area (Å²) in [6.45, 7) is 0.0276. The van der Waals surface area contributed by atoms with Crippen molar-refractivity contribution in [1.29, 1.82) is 0 Å². The van der Waals surface area contributed by atoms with Crippen molar-refractivity contribution in [2.24, 2.45) is 0 Å². The lowest BCUT2D eigenvalue weighted by atomic mass is 10.2. The predicted octanol–water partition coefficient (Wildman–Crippen LogP) is 3.52. The van der Waals surface area contributed by atoms with Crippen LogP contribution in [-0.4, -0.2) is 31.9 Å². The van der Waals surface area contributed by atoms with E-state index in [1.165, 1.54) is 19.2 Å². The summed E-state index contributed by atoms with van der Waals surface area (Å²) < 4.78 is 85.7. The Morgan fingerprint density at radius 1 is 1.36 bits per heavy atom. The summed E-state index contributed by atoms with van der Waals surface area (Å²) in [5.41, 5.74) is 0.506. The van der Waals surface area contributed by atoms with Crippen LogP contribution < -0.4 is 4.74 Å². The molecule has 0 unspecified atom stereocenters. The molecule has 0 aliphatic carbocycles. The van der Waals surface area contributed by atoms with Crippen molar-refractivity contribution in [3.8, 4) is 5.75 Å². The Hall–Kier alpha value is -2.42.